The second kappa shape index (κ2) is 7.79. The van der Waals surface area contributed by atoms with Crippen molar-refractivity contribution in [2.45, 2.75) is 82.1 Å². The molecule has 2 saturated carbocycles. The van der Waals surface area contributed by atoms with E-state index >= 15 is 0 Å². The molecular weight excluding hydrogens is 342 g/mol. The van der Waals surface area contributed by atoms with Crippen molar-refractivity contribution in [3.63, 3.8) is 0 Å². The maximum absolute atomic E-state index is 13.8. The lowest BCUT2D eigenvalue weighted by molar-refractivity contribution is -0.113. The summed E-state index contributed by atoms with van der Waals surface area (Å²) in [5, 5.41) is 0. The summed E-state index contributed by atoms with van der Waals surface area (Å²) in [7, 11) is -4.66. The van der Waals surface area contributed by atoms with Crippen LogP contribution in [0, 0.1) is 0 Å². The fourth-order valence-electron chi connectivity index (χ4n) is 3.07. The molecule has 2 fully saturated rings. The third-order valence-corrected chi connectivity index (χ3v) is 6.14. The van der Waals surface area contributed by atoms with Gasteiger partial charge in [0, 0.05) is 0 Å². The van der Waals surface area contributed by atoms with Crippen molar-refractivity contribution in [3.8, 4) is 0 Å². The van der Waals surface area contributed by atoms with Crippen molar-refractivity contribution in [3.05, 3.63) is 0 Å². The molecule has 0 aromatic heterocycles. The molecule has 0 aromatic carbocycles. The van der Waals surface area contributed by atoms with Crippen molar-refractivity contribution in [1.29, 1.82) is 0 Å². The Kier molecular flexibility index (Phi) is 6.48. The Bertz CT molecular complexity index is 403. The van der Waals surface area contributed by atoms with Gasteiger partial charge in [-0.3, -0.25) is 4.57 Å². The lowest BCUT2D eigenvalue weighted by Crippen LogP contribution is -2.33. The van der Waals surface area contributed by atoms with Crippen LogP contribution in [0.25, 0.3) is 0 Å². The van der Waals surface area contributed by atoms with Crippen molar-refractivity contribution < 1.29 is 35.6 Å². The third kappa shape index (κ3) is 5.98. The van der Waals surface area contributed by atoms with E-state index in [0.29, 0.717) is 25.7 Å². The van der Waals surface area contributed by atoms with Crippen molar-refractivity contribution in [2.75, 3.05) is 6.16 Å². The zero-order valence-corrected chi connectivity index (χ0v) is 13.6. The van der Waals surface area contributed by atoms with Gasteiger partial charge in [-0.1, -0.05) is 25.7 Å². The average Bonchev–Trinajstić information content (AvgIpc) is 2.42. The largest absolute Gasteiger partial charge is 0.400 e. The molecule has 4 atom stereocenters. The zero-order valence-electron chi connectivity index (χ0n) is 12.7. The molecule has 0 aliphatic heterocycles. The van der Waals surface area contributed by atoms with E-state index in [9.17, 15) is 26.5 Å². The minimum absolute atomic E-state index is 0.159. The molecule has 0 saturated heterocycles. The first-order chi connectivity index (χ1) is 10.7. The van der Waals surface area contributed by atoms with E-state index in [4.69, 9.17) is 9.05 Å². The summed E-state index contributed by atoms with van der Waals surface area (Å²) >= 11 is 0. The van der Waals surface area contributed by atoms with Gasteiger partial charge >= 0.3 is 13.8 Å². The number of hydrogen-bond acceptors (Lipinski definition) is 3. The Morgan fingerprint density at radius 1 is 0.826 bits per heavy atom. The van der Waals surface area contributed by atoms with E-state index < -0.39 is 44.5 Å². The highest BCUT2D eigenvalue weighted by Crippen LogP contribution is 2.56. The summed E-state index contributed by atoms with van der Waals surface area (Å²) in [5.74, 6) is 0. The SMILES string of the molecule is O=P(CC(F)(F)F)(OC1CCCCC1F)OC1CCCCC1F. The van der Waals surface area contributed by atoms with Gasteiger partial charge in [-0.05, 0) is 25.7 Å². The van der Waals surface area contributed by atoms with Crippen LogP contribution >= 0.6 is 7.60 Å². The molecule has 3 nitrogen and oxygen atoms in total. The highest BCUT2D eigenvalue weighted by Gasteiger charge is 2.46. The molecule has 4 unspecified atom stereocenters. The first-order valence-electron chi connectivity index (χ1n) is 7.99. The molecule has 0 amide bonds. The van der Waals surface area contributed by atoms with E-state index in [1.807, 2.05) is 0 Å². The first-order valence-corrected chi connectivity index (χ1v) is 9.72. The zero-order chi connectivity index (χ0) is 17.1. The van der Waals surface area contributed by atoms with Crippen LogP contribution in [0.3, 0.4) is 0 Å². The summed E-state index contributed by atoms with van der Waals surface area (Å²) in [4.78, 5) is 0. The highest BCUT2D eigenvalue weighted by atomic mass is 31.2. The molecule has 0 spiro atoms. The van der Waals surface area contributed by atoms with E-state index in [2.05, 4.69) is 0 Å². The maximum Gasteiger partial charge on any atom is 0.400 e. The van der Waals surface area contributed by atoms with Gasteiger partial charge in [-0.25, -0.2) is 8.78 Å². The van der Waals surface area contributed by atoms with Gasteiger partial charge in [0.15, 0.2) is 0 Å². The molecular formula is C14H22F5O3P. The summed E-state index contributed by atoms with van der Waals surface area (Å²) in [5.41, 5.74) is 0. The minimum atomic E-state index is -4.80. The molecule has 136 valence electrons. The van der Waals surface area contributed by atoms with Crippen molar-refractivity contribution in [1.82, 2.24) is 0 Å². The van der Waals surface area contributed by atoms with Crippen LogP contribution in [-0.4, -0.2) is 36.9 Å². The number of hydrogen-bond donors (Lipinski definition) is 0. The molecule has 0 radical (unpaired) electrons. The van der Waals surface area contributed by atoms with Crippen LogP contribution in [-0.2, 0) is 13.6 Å². The van der Waals surface area contributed by atoms with Gasteiger partial charge in [0.2, 0.25) is 0 Å². The van der Waals surface area contributed by atoms with Crippen LogP contribution in [0.2, 0.25) is 0 Å². The fraction of sp³-hybridized carbons (Fsp3) is 1.00. The lowest BCUT2D eigenvalue weighted by Gasteiger charge is -2.34. The summed E-state index contributed by atoms with van der Waals surface area (Å²) in [6, 6.07) is 0. The topological polar surface area (TPSA) is 35.5 Å². The second-order valence-electron chi connectivity index (χ2n) is 6.27. The minimum Gasteiger partial charge on any atom is -0.302 e. The predicted molar refractivity (Wildman–Crippen MR) is 75.0 cm³/mol. The van der Waals surface area contributed by atoms with Gasteiger partial charge in [-0.15, -0.1) is 0 Å². The summed E-state index contributed by atoms with van der Waals surface area (Å²) in [6.07, 6.45) is -8.81. The van der Waals surface area contributed by atoms with Gasteiger partial charge in [0.1, 0.15) is 18.5 Å². The predicted octanol–water partition coefficient (Wildman–Crippen LogP) is 5.34. The van der Waals surface area contributed by atoms with Gasteiger partial charge < -0.3 is 9.05 Å². The summed E-state index contributed by atoms with van der Waals surface area (Å²) < 4.78 is 88.4. The van der Waals surface area contributed by atoms with E-state index in [0.717, 1.165) is 0 Å². The number of halogens is 5. The standard InChI is InChI=1S/C14H22F5O3P/c15-10-5-1-3-7-12(10)21-23(20,9-14(17,18)19)22-13-8-4-2-6-11(13)16/h10-13H,1-9H2. The van der Waals surface area contributed by atoms with Crippen LogP contribution in [0.5, 0.6) is 0 Å². The monoisotopic (exact) mass is 364 g/mol. The average molecular weight is 364 g/mol. The van der Waals surface area contributed by atoms with Crippen LogP contribution in [0.15, 0.2) is 0 Å². The maximum atomic E-state index is 13.8. The third-order valence-electron chi connectivity index (χ3n) is 4.21. The molecule has 23 heavy (non-hydrogen) atoms. The molecule has 2 rings (SSSR count). The smallest absolute Gasteiger partial charge is 0.302 e. The van der Waals surface area contributed by atoms with Crippen molar-refractivity contribution in [2.24, 2.45) is 0 Å². The Hall–Kier alpha value is -0.200. The van der Waals surface area contributed by atoms with E-state index in [1.165, 1.54) is 0 Å². The molecule has 0 N–H and O–H groups in total. The molecule has 0 bridgehead atoms. The summed E-state index contributed by atoms with van der Waals surface area (Å²) in [6.45, 7) is 0. The molecule has 2 aliphatic rings. The Balaban J connectivity index is 2.09. The Morgan fingerprint density at radius 3 is 1.57 bits per heavy atom. The van der Waals surface area contributed by atoms with Crippen molar-refractivity contribution >= 4 is 7.60 Å². The Labute approximate surface area is 132 Å². The molecule has 0 heterocycles. The van der Waals surface area contributed by atoms with Gasteiger partial charge in [0.25, 0.3) is 0 Å². The molecule has 0 aromatic rings. The number of rotatable bonds is 5. The van der Waals surface area contributed by atoms with Gasteiger partial charge in [-0.2, -0.15) is 13.2 Å². The van der Waals surface area contributed by atoms with Crippen LogP contribution in [0.4, 0.5) is 22.0 Å². The molecule has 9 heteroatoms. The number of alkyl halides is 5. The second-order valence-corrected chi connectivity index (χ2v) is 8.23. The highest BCUT2D eigenvalue weighted by molar-refractivity contribution is 7.54. The molecule has 2 aliphatic carbocycles. The lowest BCUT2D eigenvalue weighted by atomic mass is 9.96. The van der Waals surface area contributed by atoms with Crippen LogP contribution in [0.1, 0.15) is 51.4 Å². The first kappa shape index (κ1) is 19.1. The van der Waals surface area contributed by atoms with Crippen LogP contribution < -0.4 is 0 Å². The van der Waals surface area contributed by atoms with E-state index in [-0.39, 0.29) is 25.7 Å². The Morgan fingerprint density at radius 2 is 1.22 bits per heavy atom. The normalized spacial score (nSPS) is 35.7. The van der Waals surface area contributed by atoms with E-state index in [1.54, 1.807) is 0 Å². The fourth-order valence-corrected chi connectivity index (χ4v) is 5.01. The van der Waals surface area contributed by atoms with Gasteiger partial charge in [0.05, 0.1) is 12.2 Å². The quantitative estimate of drug-likeness (QED) is 0.488.